The van der Waals surface area contributed by atoms with Crippen molar-refractivity contribution in [3.05, 3.63) is 65.2 Å². The molecule has 2 atom stereocenters. The highest BCUT2D eigenvalue weighted by Gasteiger charge is 2.36. The first kappa shape index (κ1) is 21.0. The number of hydrogen-bond acceptors (Lipinski definition) is 1. The quantitative estimate of drug-likeness (QED) is 0.350. The van der Waals surface area contributed by atoms with E-state index in [2.05, 4.69) is 62.4 Å². The number of aryl methyl sites for hydroxylation is 1. The van der Waals surface area contributed by atoms with E-state index in [-0.39, 0.29) is 0 Å². The van der Waals surface area contributed by atoms with Gasteiger partial charge in [-0.05, 0) is 79.2 Å². The van der Waals surface area contributed by atoms with Crippen molar-refractivity contribution in [2.45, 2.75) is 90.4 Å². The number of nitrogen functional groups attached to an aromatic ring is 1. The van der Waals surface area contributed by atoms with Crippen LogP contribution in [0.5, 0.6) is 0 Å². The van der Waals surface area contributed by atoms with Crippen molar-refractivity contribution in [3.63, 3.8) is 0 Å². The molecular formula is C27H39N. The zero-order chi connectivity index (χ0) is 19.8. The fourth-order valence-electron chi connectivity index (χ4n) is 5.41. The number of rotatable bonds is 9. The molecule has 28 heavy (non-hydrogen) atoms. The normalized spacial score (nSPS) is 22.3. The monoisotopic (exact) mass is 377 g/mol. The molecule has 0 aromatic heterocycles. The van der Waals surface area contributed by atoms with Crippen molar-refractivity contribution in [1.82, 2.24) is 0 Å². The number of benzene rings is 2. The fraction of sp³-hybridized carbons (Fsp3) is 0.556. The average molecular weight is 378 g/mol. The van der Waals surface area contributed by atoms with Gasteiger partial charge in [-0.15, -0.1) is 0 Å². The summed E-state index contributed by atoms with van der Waals surface area (Å²) in [6.45, 7) is 4.59. The van der Waals surface area contributed by atoms with E-state index in [0.29, 0.717) is 5.41 Å². The minimum atomic E-state index is 0.452. The number of hydrogen-bond donors (Lipinski definition) is 1. The van der Waals surface area contributed by atoms with E-state index in [4.69, 9.17) is 5.73 Å². The van der Waals surface area contributed by atoms with Crippen molar-refractivity contribution in [2.24, 2.45) is 5.41 Å². The highest BCUT2D eigenvalue weighted by molar-refractivity contribution is 5.39. The van der Waals surface area contributed by atoms with Crippen LogP contribution < -0.4 is 5.73 Å². The topological polar surface area (TPSA) is 26.0 Å². The zero-order valence-corrected chi connectivity index (χ0v) is 18.1. The summed E-state index contributed by atoms with van der Waals surface area (Å²) in [5.74, 6) is 0.722. The second-order valence-corrected chi connectivity index (χ2v) is 9.23. The molecule has 1 nitrogen and oxygen atoms in total. The van der Waals surface area contributed by atoms with E-state index in [9.17, 15) is 0 Å². The van der Waals surface area contributed by atoms with Crippen LogP contribution in [-0.4, -0.2) is 0 Å². The third-order valence-electron chi connectivity index (χ3n) is 6.94. The lowest BCUT2D eigenvalue weighted by atomic mass is 9.62. The maximum Gasteiger partial charge on any atom is 0.0314 e. The first-order valence-electron chi connectivity index (χ1n) is 11.5. The Balaban J connectivity index is 1.76. The lowest BCUT2D eigenvalue weighted by molar-refractivity contribution is 0.148. The third kappa shape index (κ3) is 5.63. The Bertz CT molecular complexity index is 717. The van der Waals surface area contributed by atoms with Crippen molar-refractivity contribution in [3.8, 4) is 0 Å². The van der Waals surface area contributed by atoms with Gasteiger partial charge in [0, 0.05) is 5.69 Å². The summed E-state index contributed by atoms with van der Waals surface area (Å²) >= 11 is 0. The summed E-state index contributed by atoms with van der Waals surface area (Å²) in [7, 11) is 0. The molecule has 1 heteroatoms. The van der Waals surface area contributed by atoms with Crippen molar-refractivity contribution in [1.29, 1.82) is 0 Å². The SMILES string of the molecule is CCCCCCCC1(Cc2ccc(N)cc2)CCCC(c2ccccc2C)C1. The van der Waals surface area contributed by atoms with Crippen LogP contribution >= 0.6 is 0 Å². The Morgan fingerprint density at radius 2 is 1.71 bits per heavy atom. The van der Waals surface area contributed by atoms with E-state index in [0.717, 1.165) is 11.6 Å². The van der Waals surface area contributed by atoms with Crippen LogP contribution in [0.3, 0.4) is 0 Å². The standard InChI is InChI=1S/C27H39N/c1-3-4-5-6-9-18-27(20-23-14-16-25(28)17-15-23)19-10-12-24(21-27)26-13-8-7-11-22(26)2/h7-8,11,13-17,24H,3-6,9-10,12,18-21,28H2,1-2H3. The maximum atomic E-state index is 5.93. The van der Waals surface area contributed by atoms with Gasteiger partial charge >= 0.3 is 0 Å². The number of anilines is 1. The molecule has 0 aliphatic heterocycles. The molecule has 3 rings (SSSR count). The predicted octanol–water partition coefficient (Wildman–Crippen LogP) is 7.82. The molecule has 2 aromatic carbocycles. The first-order chi connectivity index (χ1) is 13.6. The summed E-state index contributed by atoms with van der Waals surface area (Å²) in [5, 5.41) is 0. The Hall–Kier alpha value is -1.76. The van der Waals surface area contributed by atoms with Crippen molar-refractivity contribution >= 4 is 5.69 Å². The molecule has 152 valence electrons. The molecular weight excluding hydrogens is 338 g/mol. The molecule has 0 amide bonds. The lowest BCUT2D eigenvalue weighted by Gasteiger charge is -2.42. The largest absolute Gasteiger partial charge is 0.399 e. The van der Waals surface area contributed by atoms with E-state index in [1.807, 2.05) is 0 Å². The minimum Gasteiger partial charge on any atom is -0.399 e. The Morgan fingerprint density at radius 1 is 0.964 bits per heavy atom. The van der Waals surface area contributed by atoms with E-state index in [1.165, 1.54) is 81.8 Å². The maximum absolute atomic E-state index is 5.93. The zero-order valence-electron chi connectivity index (χ0n) is 18.1. The lowest BCUT2D eigenvalue weighted by Crippen LogP contribution is -2.30. The highest BCUT2D eigenvalue weighted by Crippen LogP contribution is 2.49. The summed E-state index contributed by atoms with van der Waals surface area (Å²) in [6, 6.07) is 17.7. The minimum absolute atomic E-state index is 0.452. The molecule has 0 saturated heterocycles. The van der Waals surface area contributed by atoms with Gasteiger partial charge < -0.3 is 5.73 Å². The predicted molar refractivity (Wildman–Crippen MR) is 123 cm³/mol. The molecule has 2 N–H and O–H groups in total. The molecule has 2 aromatic rings. The summed E-state index contributed by atoms with van der Waals surface area (Å²) in [4.78, 5) is 0. The fourth-order valence-corrected chi connectivity index (χ4v) is 5.41. The van der Waals surface area contributed by atoms with Gasteiger partial charge in [0.25, 0.3) is 0 Å². The van der Waals surface area contributed by atoms with E-state index < -0.39 is 0 Å². The van der Waals surface area contributed by atoms with Crippen LogP contribution in [0.15, 0.2) is 48.5 Å². The van der Waals surface area contributed by atoms with Crippen LogP contribution in [0.4, 0.5) is 5.69 Å². The number of nitrogens with two attached hydrogens (primary N) is 1. The second-order valence-electron chi connectivity index (χ2n) is 9.23. The van der Waals surface area contributed by atoms with Gasteiger partial charge in [0.1, 0.15) is 0 Å². The average Bonchev–Trinajstić information content (AvgIpc) is 2.70. The molecule has 1 fully saturated rings. The summed E-state index contributed by atoms with van der Waals surface area (Å²) in [6.07, 6.45) is 14.9. The van der Waals surface area contributed by atoms with E-state index >= 15 is 0 Å². The molecule has 0 radical (unpaired) electrons. The van der Waals surface area contributed by atoms with Crippen LogP contribution in [0.25, 0.3) is 0 Å². The van der Waals surface area contributed by atoms with Gasteiger partial charge in [0.15, 0.2) is 0 Å². The first-order valence-corrected chi connectivity index (χ1v) is 11.5. The van der Waals surface area contributed by atoms with Crippen molar-refractivity contribution < 1.29 is 0 Å². The number of unbranched alkanes of at least 4 members (excludes halogenated alkanes) is 4. The van der Waals surface area contributed by atoms with Gasteiger partial charge in [-0.1, -0.05) is 81.8 Å². The summed E-state index contributed by atoms with van der Waals surface area (Å²) in [5.41, 5.74) is 11.8. The van der Waals surface area contributed by atoms with Gasteiger partial charge in [0.2, 0.25) is 0 Å². The van der Waals surface area contributed by atoms with Gasteiger partial charge in [-0.3, -0.25) is 0 Å². The Morgan fingerprint density at radius 3 is 2.46 bits per heavy atom. The van der Waals surface area contributed by atoms with Gasteiger partial charge in [0.05, 0.1) is 0 Å². The second kappa shape index (κ2) is 10.1. The van der Waals surface area contributed by atoms with Crippen LogP contribution in [-0.2, 0) is 6.42 Å². The Labute approximate surface area is 172 Å². The molecule has 1 aliphatic carbocycles. The van der Waals surface area contributed by atoms with E-state index in [1.54, 1.807) is 5.56 Å². The van der Waals surface area contributed by atoms with Gasteiger partial charge in [-0.2, -0.15) is 0 Å². The van der Waals surface area contributed by atoms with Crippen molar-refractivity contribution in [2.75, 3.05) is 5.73 Å². The van der Waals surface area contributed by atoms with Gasteiger partial charge in [-0.25, -0.2) is 0 Å². The molecule has 2 unspecified atom stereocenters. The highest BCUT2D eigenvalue weighted by atomic mass is 14.5. The smallest absolute Gasteiger partial charge is 0.0314 e. The summed E-state index contributed by atoms with van der Waals surface area (Å²) < 4.78 is 0. The molecule has 1 aliphatic rings. The molecule has 1 saturated carbocycles. The molecule has 0 heterocycles. The van der Waals surface area contributed by atoms with Crippen LogP contribution in [0.2, 0.25) is 0 Å². The van der Waals surface area contributed by atoms with Crippen LogP contribution in [0.1, 0.15) is 93.7 Å². The molecule has 0 bridgehead atoms. The third-order valence-corrected chi connectivity index (χ3v) is 6.94. The Kier molecular flexibility index (Phi) is 7.59. The molecule has 0 spiro atoms. The van der Waals surface area contributed by atoms with Crippen LogP contribution in [0, 0.1) is 12.3 Å².